The van der Waals surface area contributed by atoms with Crippen LogP contribution >= 0.6 is 11.6 Å². The fourth-order valence-electron chi connectivity index (χ4n) is 3.34. The molecule has 0 fully saturated rings. The summed E-state index contributed by atoms with van der Waals surface area (Å²) in [6.45, 7) is 5.59. The maximum atomic E-state index is 14.6. The Kier molecular flexibility index (Phi) is 10.2. The van der Waals surface area contributed by atoms with E-state index in [1.54, 1.807) is 6.92 Å². The van der Waals surface area contributed by atoms with Crippen LogP contribution in [0.4, 0.5) is 23.2 Å². The second-order valence-electron chi connectivity index (χ2n) is 7.72. The second-order valence-corrected chi connectivity index (χ2v) is 8.32. The van der Waals surface area contributed by atoms with Gasteiger partial charge in [0.25, 0.3) is 6.47 Å². The monoisotopic (exact) mass is 554 g/mol. The summed E-state index contributed by atoms with van der Waals surface area (Å²) >= 11 is 5.71. The number of benzene rings is 1. The Morgan fingerprint density at radius 2 is 1.89 bits per heavy atom. The van der Waals surface area contributed by atoms with Crippen LogP contribution in [0, 0.1) is 6.92 Å². The van der Waals surface area contributed by atoms with Crippen molar-refractivity contribution < 1.29 is 36.8 Å². The van der Waals surface area contributed by atoms with Crippen molar-refractivity contribution in [2.24, 2.45) is 0 Å². The first-order chi connectivity index (χ1) is 17.8. The van der Waals surface area contributed by atoms with Crippen LogP contribution in [0.25, 0.3) is 22.6 Å². The number of amides is 1. The third kappa shape index (κ3) is 7.42. The Labute approximate surface area is 219 Å². The van der Waals surface area contributed by atoms with Gasteiger partial charge in [0, 0.05) is 28.8 Å². The van der Waals surface area contributed by atoms with Crippen LogP contribution in [0.2, 0.25) is 0 Å². The SMILES string of the molecule is CC(=O)Nc1cccc(-n2ncc(-c3onc(/C(C)=C(F)/C=C\C=C(/C)Cl)c3C)c2C(F)(F)F)c1.O=CO. The number of allylic oxidation sites excluding steroid dienone is 6. The van der Waals surface area contributed by atoms with Crippen LogP contribution < -0.4 is 5.32 Å². The summed E-state index contributed by atoms with van der Waals surface area (Å²) in [6, 6.07) is 5.81. The summed E-state index contributed by atoms with van der Waals surface area (Å²) in [4.78, 5) is 19.7. The normalized spacial score (nSPS) is 12.6. The first kappa shape index (κ1) is 30.0. The van der Waals surface area contributed by atoms with Crippen LogP contribution in [0.1, 0.15) is 37.7 Å². The minimum Gasteiger partial charge on any atom is -0.483 e. The molecule has 2 N–H and O–H groups in total. The summed E-state index contributed by atoms with van der Waals surface area (Å²) < 4.78 is 63.0. The highest BCUT2D eigenvalue weighted by molar-refractivity contribution is 6.29. The highest BCUT2D eigenvalue weighted by Crippen LogP contribution is 2.41. The predicted octanol–water partition coefficient (Wildman–Crippen LogP) is 6.91. The molecular formula is C25H23ClF4N4O4. The lowest BCUT2D eigenvalue weighted by atomic mass is 10.0. The van der Waals surface area contributed by atoms with E-state index in [0.29, 0.717) is 15.4 Å². The quantitative estimate of drug-likeness (QED) is 0.194. The summed E-state index contributed by atoms with van der Waals surface area (Å²) in [6.07, 6.45) is 0.240. The number of hydrogen-bond acceptors (Lipinski definition) is 5. The molecule has 1 amide bonds. The molecule has 2 heterocycles. The number of carboxylic acid groups (broad SMARTS) is 1. The van der Waals surface area contributed by atoms with E-state index in [4.69, 9.17) is 26.0 Å². The van der Waals surface area contributed by atoms with Gasteiger partial charge < -0.3 is 14.9 Å². The molecular weight excluding hydrogens is 532 g/mol. The van der Waals surface area contributed by atoms with E-state index in [2.05, 4.69) is 15.6 Å². The van der Waals surface area contributed by atoms with Gasteiger partial charge in [-0.05, 0) is 51.1 Å². The molecule has 0 radical (unpaired) electrons. The van der Waals surface area contributed by atoms with Crippen LogP contribution in [0.3, 0.4) is 0 Å². The van der Waals surface area contributed by atoms with Gasteiger partial charge in [0.15, 0.2) is 11.5 Å². The highest BCUT2D eigenvalue weighted by atomic mass is 35.5. The standard InChI is InChI=1S/C24H21ClF4N4O2.CH2O2/c1-13(25)7-5-10-20(26)14(2)21-15(3)22(35-32-21)19-12-30-33(23(19)24(27,28)29)18-9-6-8-17(11-18)31-16(4)34;2-1-3/h5-12H,1-4H3,(H,31,34);1H,(H,2,3)/b10-5-,13-7+,20-14-;. The van der Waals surface area contributed by atoms with Gasteiger partial charge in [-0.3, -0.25) is 9.59 Å². The van der Waals surface area contributed by atoms with Crippen molar-refractivity contribution in [3.05, 3.63) is 76.5 Å². The number of aromatic nitrogens is 3. The number of nitrogens with one attached hydrogen (secondary N) is 1. The fraction of sp³-hybridized carbons (Fsp3) is 0.200. The van der Waals surface area contributed by atoms with E-state index in [1.807, 2.05) is 0 Å². The lowest BCUT2D eigenvalue weighted by molar-refractivity contribution is -0.142. The number of hydrogen-bond donors (Lipinski definition) is 2. The van der Waals surface area contributed by atoms with Crippen LogP contribution in [-0.2, 0) is 15.8 Å². The van der Waals surface area contributed by atoms with Crippen LogP contribution in [0.5, 0.6) is 0 Å². The minimum absolute atomic E-state index is 0.0714. The van der Waals surface area contributed by atoms with Crippen molar-refractivity contribution in [2.75, 3.05) is 5.32 Å². The molecule has 13 heteroatoms. The minimum atomic E-state index is -4.82. The first-order valence-corrected chi connectivity index (χ1v) is 11.1. The molecule has 202 valence electrons. The zero-order chi connectivity index (χ0) is 28.6. The van der Waals surface area contributed by atoms with Gasteiger partial charge in [-0.25, -0.2) is 9.07 Å². The average Bonchev–Trinajstić information content (AvgIpc) is 3.42. The number of carbonyl (C=O) groups is 2. The molecule has 8 nitrogen and oxygen atoms in total. The maximum Gasteiger partial charge on any atom is 0.434 e. The molecule has 0 aliphatic carbocycles. The summed E-state index contributed by atoms with van der Waals surface area (Å²) in [5.74, 6) is -1.21. The molecule has 38 heavy (non-hydrogen) atoms. The molecule has 0 saturated heterocycles. The Hall–Kier alpha value is -4.19. The van der Waals surface area contributed by atoms with Gasteiger partial charge in [-0.15, -0.1) is 0 Å². The topological polar surface area (TPSA) is 110 Å². The lowest BCUT2D eigenvalue weighted by Crippen LogP contribution is -2.15. The van der Waals surface area contributed by atoms with E-state index >= 15 is 0 Å². The fourth-order valence-corrected chi connectivity index (χ4v) is 3.41. The van der Waals surface area contributed by atoms with Crippen LogP contribution in [0.15, 0.2) is 64.1 Å². The van der Waals surface area contributed by atoms with Gasteiger partial charge in [-0.1, -0.05) is 28.9 Å². The third-order valence-electron chi connectivity index (χ3n) is 4.90. The molecule has 0 unspecified atom stereocenters. The largest absolute Gasteiger partial charge is 0.483 e. The number of rotatable bonds is 6. The van der Waals surface area contributed by atoms with Crippen LogP contribution in [-0.4, -0.2) is 32.4 Å². The first-order valence-electron chi connectivity index (χ1n) is 10.8. The zero-order valence-electron chi connectivity index (χ0n) is 20.6. The molecule has 3 aromatic rings. The number of halogens is 5. The lowest BCUT2D eigenvalue weighted by Gasteiger charge is -2.13. The molecule has 0 spiro atoms. The molecule has 2 aromatic heterocycles. The molecule has 0 aliphatic rings. The number of nitrogens with zero attached hydrogens (tertiary/aromatic N) is 3. The Balaban J connectivity index is 0.00000161. The smallest absolute Gasteiger partial charge is 0.434 e. The summed E-state index contributed by atoms with van der Waals surface area (Å²) in [7, 11) is 0. The van der Waals surface area contributed by atoms with Crippen molar-refractivity contribution in [2.45, 2.75) is 33.9 Å². The molecule has 3 rings (SSSR count). The molecule has 0 bridgehead atoms. The van der Waals surface area contributed by atoms with Gasteiger partial charge in [0.05, 0.1) is 17.4 Å². The van der Waals surface area contributed by atoms with Crippen molar-refractivity contribution in [3.63, 3.8) is 0 Å². The van der Waals surface area contributed by atoms with Crippen molar-refractivity contribution in [3.8, 4) is 17.0 Å². The molecule has 0 saturated carbocycles. The van der Waals surface area contributed by atoms with Gasteiger partial charge in [0.2, 0.25) is 5.91 Å². The van der Waals surface area contributed by atoms with Crippen molar-refractivity contribution in [1.82, 2.24) is 14.9 Å². The van der Waals surface area contributed by atoms with Gasteiger partial charge in [0.1, 0.15) is 11.5 Å². The van der Waals surface area contributed by atoms with E-state index in [9.17, 15) is 22.4 Å². The highest BCUT2D eigenvalue weighted by Gasteiger charge is 2.40. The van der Waals surface area contributed by atoms with E-state index in [-0.39, 0.29) is 46.2 Å². The average molecular weight is 555 g/mol. The molecule has 1 aromatic carbocycles. The van der Waals surface area contributed by atoms with E-state index in [1.165, 1.54) is 57.2 Å². The second kappa shape index (κ2) is 12.9. The van der Waals surface area contributed by atoms with E-state index < -0.39 is 17.7 Å². The Bertz CT molecular complexity index is 1400. The van der Waals surface area contributed by atoms with Gasteiger partial charge >= 0.3 is 6.18 Å². The van der Waals surface area contributed by atoms with E-state index in [0.717, 1.165) is 12.3 Å². The van der Waals surface area contributed by atoms with Crippen molar-refractivity contribution >= 4 is 35.2 Å². The predicted molar refractivity (Wildman–Crippen MR) is 134 cm³/mol. The third-order valence-corrected chi connectivity index (χ3v) is 5.03. The zero-order valence-corrected chi connectivity index (χ0v) is 21.4. The maximum absolute atomic E-state index is 14.6. The Morgan fingerprint density at radius 3 is 2.47 bits per heavy atom. The number of carbonyl (C=O) groups excluding carboxylic acids is 1. The number of alkyl halides is 3. The Morgan fingerprint density at radius 1 is 1.24 bits per heavy atom. The number of anilines is 1. The summed E-state index contributed by atoms with van der Waals surface area (Å²) in [5.41, 5.74) is -0.715. The van der Waals surface area contributed by atoms with Gasteiger partial charge in [-0.2, -0.15) is 18.3 Å². The van der Waals surface area contributed by atoms with Crippen molar-refractivity contribution in [1.29, 1.82) is 0 Å². The molecule has 0 atom stereocenters. The molecule has 0 aliphatic heterocycles. The summed E-state index contributed by atoms with van der Waals surface area (Å²) in [5, 5.41) is 17.6.